The fourth-order valence-electron chi connectivity index (χ4n) is 1.62. The molecule has 6 nitrogen and oxygen atoms in total. The van der Waals surface area contributed by atoms with Crippen molar-refractivity contribution >= 4 is 33.2 Å². The Balaban J connectivity index is 2.22. The van der Waals surface area contributed by atoms with Gasteiger partial charge in [0.05, 0.1) is 10.5 Å². The van der Waals surface area contributed by atoms with Crippen LogP contribution in [0, 0.1) is 0 Å². The summed E-state index contributed by atoms with van der Waals surface area (Å²) in [5.41, 5.74) is 0.366. The highest BCUT2D eigenvalue weighted by Crippen LogP contribution is 2.23. The number of halogens is 1. The van der Waals surface area contributed by atoms with Crippen molar-refractivity contribution in [3.8, 4) is 5.75 Å². The Labute approximate surface area is 126 Å². The fourth-order valence-corrected chi connectivity index (χ4v) is 2.30. The number of phenols is 1. The van der Waals surface area contributed by atoms with Gasteiger partial charge in [0, 0.05) is 10.7 Å². The third-order valence-electron chi connectivity index (χ3n) is 2.64. The van der Waals surface area contributed by atoms with Crippen LogP contribution in [-0.4, -0.2) is 19.4 Å². The molecule has 0 aliphatic rings. The topological polar surface area (TPSA) is 109 Å². The molecular weight excluding hydrogens is 316 g/mol. The van der Waals surface area contributed by atoms with E-state index in [-0.39, 0.29) is 16.2 Å². The second kappa shape index (κ2) is 5.72. The SMILES string of the molecule is NS(=O)(=O)c1ccc(NC(=O)c2cc(Cl)ccc2O)cc1. The van der Waals surface area contributed by atoms with Crippen molar-refractivity contribution in [2.75, 3.05) is 5.32 Å². The maximum Gasteiger partial charge on any atom is 0.259 e. The number of aromatic hydroxyl groups is 1. The first-order chi connectivity index (χ1) is 9.77. The molecule has 2 rings (SSSR count). The highest BCUT2D eigenvalue weighted by Gasteiger charge is 2.13. The maximum atomic E-state index is 12.0. The van der Waals surface area contributed by atoms with E-state index in [1.54, 1.807) is 0 Å². The first-order valence-electron chi connectivity index (χ1n) is 5.70. The summed E-state index contributed by atoms with van der Waals surface area (Å²) in [6.07, 6.45) is 0. The lowest BCUT2D eigenvalue weighted by atomic mass is 10.2. The van der Waals surface area contributed by atoms with Crippen LogP contribution in [0.25, 0.3) is 0 Å². The monoisotopic (exact) mass is 326 g/mol. The van der Waals surface area contributed by atoms with E-state index in [9.17, 15) is 18.3 Å². The van der Waals surface area contributed by atoms with Gasteiger partial charge in [-0.2, -0.15) is 0 Å². The molecule has 0 saturated heterocycles. The maximum absolute atomic E-state index is 12.0. The lowest BCUT2D eigenvalue weighted by Crippen LogP contribution is -2.14. The number of nitrogens with one attached hydrogen (secondary N) is 1. The number of hydrogen-bond donors (Lipinski definition) is 3. The quantitative estimate of drug-likeness (QED) is 0.800. The minimum absolute atomic E-state index is 0.0121. The number of sulfonamides is 1. The molecule has 0 heterocycles. The molecule has 110 valence electrons. The van der Waals surface area contributed by atoms with Crippen LogP contribution >= 0.6 is 11.6 Å². The molecule has 0 radical (unpaired) electrons. The molecule has 2 aromatic rings. The van der Waals surface area contributed by atoms with Gasteiger partial charge >= 0.3 is 0 Å². The molecule has 2 aromatic carbocycles. The summed E-state index contributed by atoms with van der Waals surface area (Å²) in [5.74, 6) is -0.781. The van der Waals surface area contributed by atoms with E-state index in [0.717, 1.165) is 0 Å². The van der Waals surface area contributed by atoms with Crippen LogP contribution in [0.3, 0.4) is 0 Å². The number of benzene rings is 2. The molecule has 21 heavy (non-hydrogen) atoms. The van der Waals surface area contributed by atoms with Gasteiger partial charge in [-0.3, -0.25) is 4.79 Å². The summed E-state index contributed by atoms with van der Waals surface area (Å²) in [6.45, 7) is 0. The fraction of sp³-hybridized carbons (Fsp3) is 0. The van der Waals surface area contributed by atoms with E-state index in [1.165, 1.54) is 42.5 Å². The number of anilines is 1. The lowest BCUT2D eigenvalue weighted by Gasteiger charge is -2.07. The second-order valence-electron chi connectivity index (χ2n) is 4.18. The highest BCUT2D eigenvalue weighted by molar-refractivity contribution is 7.89. The zero-order valence-electron chi connectivity index (χ0n) is 10.6. The lowest BCUT2D eigenvalue weighted by molar-refractivity contribution is 0.102. The molecule has 0 bridgehead atoms. The Bertz CT molecular complexity index is 788. The summed E-state index contributed by atoms with van der Waals surface area (Å²) in [6, 6.07) is 9.39. The number of nitrogens with two attached hydrogens (primary N) is 1. The predicted octanol–water partition coefficient (Wildman–Crippen LogP) is 1.95. The third kappa shape index (κ3) is 3.72. The zero-order chi connectivity index (χ0) is 15.6. The standard InChI is InChI=1S/C13H11ClN2O4S/c14-8-1-6-12(17)11(7-8)13(18)16-9-2-4-10(5-3-9)21(15,19)20/h1-7,17H,(H,16,18)(H2,15,19,20). The molecule has 0 fully saturated rings. The van der Waals surface area contributed by atoms with Crippen molar-refractivity contribution < 1.29 is 18.3 Å². The average molecular weight is 327 g/mol. The van der Waals surface area contributed by atoms with Crippen molar-refractivity contribution in [2.45, 2.75) is 4.90 Å². The van der Waals surface area contributed by atoms with Crippen molar-refractivity contribution in [2.24, 2.45) is 5.14 Å². The van der Waals surface area contributed by atoms with E-state index < -0.39 is 15.9 Å². The third-order valence-corrected chi connectivity index (χ3v) is 3.81. The van der Waals surface area contributed by atoms with Crippen LogP contribution in [0.2, 0.25) is 5.02 Å². The van der Waals surface area contributed by atoms with Crippen LogP contribution in [-0.2, 0) is 10.0 Å². The summed E-state index contributed by atoms with van der Waals surface area (Å²) in [5, 5.41) is 17.4. The van der Waals surface area contributed by atoms with E-state index >= 15 is 0 Å². The first kappa shape index (κ1) is 15.3. The van der Waals surface area contributed by atoms with Gasteiger partial charge in [0.2, 0.25) is 10.0 Å². The molecule has 0 aliphatic carbocycles. The van der Waals surface area contributed by atoms with Crippen molar-refractivity contribution in [1.82, 2.24) is 0 Å². The highest BCUT2D eigenvalue weighted by atomic mass is 35.5. The van der Waals surface area contributed by atoms with Crippen LogP contribution < -0.4 is 10.5 Å². The van der Waals surface area contributed by atoms with Gasteiger partial charge in [0.25, 0.3) is 5.91 Å². The Hall–Kier alpha value is -2.09. The Morgan fingerprint density at radius 2 is 1.76 bits per heavy atom. The normalized spacial score (nSPS) is 11.1. The van der Waals surface area contributed by atoms with Crippen molar-refractivity contribution in [3.63, 3.8) is 0 Å². The number of amides is 1. The zero-order valence-corrected chi connectivity index (χ0v) is 12.1. The van der Waals surface area contributed by atoms with Gasteiger partial charge < -0.3 is 10.4 Å². The summed E-state index contributed by atoms with van der Waals surface area (Å²) in [7, 11) is -3.78. The number of carbonyl (C=O) groups excluding carboxylic acids is 1. The van der Waals surface area contributed by atoms with E-state index in [0.29, 0.717) is 10.7 Å². The molecule has 0 aromatic heterocycles. The summed E-state index contributed by atoms with van der Waals surface area (Å²) in [4.78, 5) is 11.9. The van der Waals surface area contributed by atoms with Crippen molar-refractivity contribution in [3.05, 3.63) is 53.1 Å². The van der Waals surface area contributed by atoms with Crippen LogP contribution in [0.5, 0.6) is 5.75 Å². The predicted molar refractivity (Wildman–Crippen MR) is 78.9 cm³/mol. The molecule has 0 unspecified atom stereocenters. The molecule has 4 N–H and O–H groups in total. The number of hydrogen-bond acceptors (Lipinski definition) is 4. The molecule has 0 aliphatic heterocycles. The van der Waals surface area contributed by atoms with E-state index in [1.807, 2.05) is 0 Å². The van der Waals surface area contributed by atoms with Gasteiger partial charge in [-0.15, -0.1) is 0 Å². The average Bonchev–Trinajstić information content (AvgIpc) is 2.41. The molecule has 0 atom stereocenters. The Morgan fingerprint density at radius 3 is 2.33 bits per heavy atom. The Kier molecular flexibility index (Phi) is 4.17. The van der Waals surface area contributed by atoms with Crippen LogP contribution in [0.15, 0.2) is 47.4 Å². The van der Waals surface area contributed by atoms with Gasteiger partial charge in [0.15, 0.2) is 0 Å². The van der Waals surface area contributed by atoms with E-state index in [2.05, 4.69) is 5.32 Å². The molecule has 1 amide bonds. The number of carbonyl (C=O) groups is 1. The number of primary sulfonamides is 1. The molecule has 0 spiro atoms. The number of phenolic OH excluding ortho intramolecular Hbond substituents is 1. The molecule has 0 saturated carbocycles. The minimum Gasteiger partial charge on any atom is -0.507 e. The van der Waals surface area contributed by atoms with Gasteiger partial charge in [-0.05, 0) is 42.5 Å². The number of rotatable bonds is 3. The van der Waals surface area contributed by atoms with Crippen LogP contribution in [0.4, 0.5) is 5.69 Å². The molecule has 8 heteroatoms. The first-order valence-corrected chi connectivity index (χ1v) is 7.62. The Morgan fingerprint density at radius 1 is 1.14 bits per heavy atom. The van der Waals surface area contributed by atoms with Gasteiger partial charge in [-0.25, -0.2) is 13.6 Å². The summed E-state index contributed by atoms with van der Waals surface area (Å²) < 4.78 is 22.2. The van der Waals surface area contributed by atoms with Gasteiger partial charge in [-0.1, -0.05) is 11.6 Å². The largest absolute Gasteiger partial charge is 0.507 e. The minimum atomic E-state index is -3.78. The second-order valence-corrected chi connectivity index (χ2v) is 6.18. The van der Waals surface area contributed by atoms with Crippen LogP contribution in [0.1, 0.15) is 10.4 Å². The smallest absolute Gasteiger partial charge is 0.259 e. The molecular formula is C13H11ClN2O4S. The van der Waals surface area contributed by atoms with Crippen molar-refractivity contribution in [1.29, 1.82) is 0 Å². The van der Waals surface area contributed by atoms with E-state index in [4.69, 9.17) is 16.7 Å². The van der Waals surface area contributed by atoms with Gasteiger partial charge in [0.1, 0.15) is 5.75 Å². The summed E-state index contributed by atoms with van der Waals surface area (Å²) >= 11 is 5.76.